The summed E-state index contributed by atoms with van der Waals surface area (Å²) in [6.07, 6.45) is 4.60. The Morgan fingerprint density at radius 3 is 2.76 bits per heavy atom. The van der Waals surface area contributed by atoms with Gasteiger partial charge in [-0.05, 0) is 43.8 Å². The van der Waals surface area contributed by atoms with Gasteiger partial charge in [-0.25, -0.2) is 9.78 Å². The lowest BCUT2D eigenvalue weighted by Crippen LogP contribution is -2.49. The minimum atomic E-state index is -0.637. The van der Waals surface area contributed by atoms with Crippen molar-refractivity contribution in [1.29, 1.82) is 5.26 Å². The van der Waals surface area contributed by atoms with E-state index in [0.717, 1.165) is 24.8 Å². The van der Waals surface area contributed by atoms with Crippen LogP contribution < -0.4 is 16.1 Å². The SMILES string of the molecule is COC(=O)c1cc(Nc2ncc(C)c(N[C@H]3CCC[C@@H]3C#N)n2)ccc1B1OCC(C)(C)CO1. The molecule has 1 aromatic carbocycles. The molecule has 1 saturated carbocycles. The fraction of sp³-hybridized carbons (Fsp3) is 0.500. The Morgan fingerprint density at radius 2 is 2.06 bits per heavy atom. The van der Waals surface area contributed by atoms with Crippen LogP contribution in [0.15, 0.2) is 24.4 Å². The molecule has 178 valence electrons. The second kappa shape index (κ2) is 9.99. The molecule has 2 fully saturated rings. The van der Waals surface area contributed by atoms with Crippen LogP contribution in [-0.4, -0.2) is 49.4 Å². The van der Waals surface area contributed by atoms with Crippen molar-refractivity contribution in [3.05, 3.63) is 35.5 Å². The van der Waals surface area contributed by atoms with Crippen molar-refractivity contribution in [3.63, 3.8) is 0 Å². The summed E-state index contributed by atoms with van der Waals surface area (Å²) < 4.78 is 16.8. The molecule has 1 saturated heterocycles. The van der Waals surface area contributed by atoms with Crippen LogP contribution in [0.1, 0.15) is 49.0 Å². The van der Waals surface area contributed by atoms with E-state index in [2.05, 4.69) is 40.5 Å². The van der Waals surface area contributed by atoms with Gasteiger partial charge in [-0.2, -0.15) is 10.2 Å². The van der Waals surface area contributed by atoms with Crippen LogP contribution in [0.4, 0.5) is 17.5 Å². The maximum absolute atomic E-state index is 12.5. The van der Waals surface area contributed by atoms with Gasteiger partial charge in [0.05, 0.1) is 24.7 Å². The number of ether oxygens (including phenoxy) is 1. The number of methoxy groups -OCH3 is 1. The van der Waals surface area contributed by atoms with E-state index >= 15 is 0 Å². The Hall–Kier alpha value is -3.16. The average molecular weight is 463 g/mol. The Bertz CT molecular complexity index is 1090. The van der Waals surface area contributed by atoms with Crippen molar-refractivity contribution in [2.24, 2.45) is 11.3 Å². The molecule has 0 bridgehead atoms. The summed E-state index contributed by atoms with van der Waals surface area (Å²) in [6.45, 7) is 7.11. The minimum Gasteiger partial charge on any atom is -0.465 e. The Balaban J connectivity index is 1.55. The molecule has 1 aromatic heterocycles. The number of esters is 1. The van der Waals surface area contributed by atoms with Gasteiger partial charge in [-0.15, -0.1) is 0 Å². The fourth-order valence-electron chi connectivity index (χ4n) is 4.24. The number of nitriles is 1. The minimum absolute atomic E-state index is 0.0178. The number of carbonyl (C=O) groups excluding carboxylic acids is 1. The van der Waals surface area contributed by atoms with E-state index in [1.54, 1.807) is 18.3 Å². The van der Waals surface area contributed by atoms with Crippen LogP contribution in [0.2, 0.25) is 0 Å². The summed E-state index contributed by atoms with van der Waals surface area (Å²) in [6, 6.07) is 7.77. The molecule has 2 heterocycles. The molecule has 0 unspecified atom stereocenters. The highest BCUT2D eigenvalue weighted by atomic mass is 16.6. The fourth-order valence-corrected chi connectivity index (χ4v) is 4.24. The number of rotatable bonds is 6. The molecule has 2 atom stereocenters. The largest absolute Gasteiger partial charge is 0.494 e. The summed E-state index contributed by atoms with van der Waals surface area (Å²) in [5.41, 5.74) is 2.42. The lowest BCUT2D eigenvalue weighted by molar-refractivity contribution is 0.0340. The molecule has 2 aromatic rings. The van der Waals surface area contributed by atoms with E-state index in [1.807, 2.05) is 13.0 Å². The normalized spacial score (nSPS) is 21.6. The van der Waals surface area contributed by atoms with E-state index in [9.17, 15) is 10.1 Å². The zero-order valence-electron chi connectivity index (χ0n) is 20.1. The van der Waals surface area contributed by atoms with Crippen LogP contribution in [0.25, 0.3) is 0 Å². The van der Waals surface area contributed by atoms with Gasteiger partial charge in [0.1, 0.15) is 5.82 Å². The highest BCUT2D eigenvalue weighted by Crippen LogP contribution is 2.29. The number of benzene rings is 1. The van der Waals surface area contributed by atoms with Crippen molar-refractivity contribution in [2.75, 3.05) is 31.0 Å². The van der Waals surface area contributed by atoms with E-state index < -0.39 is 13.1 Å². The molecule has 9 nitrogen and oxygen atoms in total. The third-order valence-corrected chi connectivity index (χ3v) is 6.20. The summed E-state index contributed by atoms with van der Waals surface area (Å²) in [4.78, 5) is 21.5. The summed E-state index contributed by atoms with van der Waals surface area (Å²) >= 11 is 0. The molecule has 1 aliphatic carbocycles. The van der Waals surface area contributed by atoms with Crippen molar-refractivity contribution in [3.8, 4) is 6.07 Å². The van der Waals surface area contributed by atoms with Crippen molar-refractivity contribution in [2.45, 2.75) is 46.1 Å². The molecule has 0 amide bonds. The molecular weight excluding hydrogens is 433 g/mol. The highest BCUT2D eigenvalue weighted by molar-refractivity contribution is 6.63. The smallest absolute Gasteiger partial charge is 0.465 e. The zero-order chi connectivity index (χ0) is 24.3. The summed E-state index contributed by atoms with van der Waals surface area (Å²) in [5.74, 6) is 0.582. The van der Waals surface area contributed by atoms with Crippen molar-refractivity contribution in [1.82, 2.24) is 9.97 Å². The van der Waals surface area contributed by atoms with Gasteiger partial charge in [-0.1, -0.05) is 19.9 Å². The second-order valence-corrected chi connectivity index (χ2v) is 9.68. The molecule has 10 heteroatoms. The van der Waals surface area contributed by atoms with Crippen molar-refractivity contribution >= 4 is 36.0 Å². The van der Waals surface area contributed by atoms with E-state index in [1.165, 1.54) is 7.11 Å². The summed E-state index contributed by atoms with van der Waals surface area (Å²) in [5, 5.41) is 16.0. The van der Waals surface area contributed by atoms with Crippen LogP contribution in [0, 0.1) is 29.6 Å². The quantitative estimate of drug-likeness (QED) is 0.492. The number of nitrogens with zero attached hydrogens (tertiary/aromatic N) is 3. The lowest BCUT2D eigenvalue weighted by atomic mass is 9.73. The van der Waals surface area contributed by atoms with Gasteiger partial charge < -0.3 is 24.7 Å². The first-order valence-electron chi connectivity index (χ1n) is 11.5. The second-order valence-electron chi connectivity index (χ2n) is 9.68. The number of carbonyl (C=O) groups is 1. The molecule has 0 spiro atoms. The third kappa shape index (κ3) is 5.32. The number of aryl methyl sites for hydroxylation is 1. The molecule has 34 heavy (non-hydrogen) atoms. The Labute approximate surface area is 200 Å². The van der Waals surface area contributed by atoms with E-state index in [0.29, 0.717) is 41.7 Å². The first-order chi connectivity index (χ1) is 16.3. The highest BCUT2D eigenvalue weighted by Gasteiger charge is 2.36. The molecule has 2 aliphatic rings. The van der Waals surface area contributed by atoms with Crippen LogP contribution in [-0.2, 0) is 14.0 Å². The van der Waals surface area contributed by atoms with Crippen LogP contribution in [0.3, 0.4) is 0 Å². The van der Waals surface area contributed by atoms with Crippen LogP contribution in [0.5, 0.6) is 0 Å². The molecule has 2 N–H and O–H groups in total. The monoisotopic (exact) mass is 463 g/mol. The Morgan fingerprint density at radius 1 is 1.29 bits per heavy atom. The maximum Gasteiger partial charge on any atom is 0.494 e. The van der Waals surface area contributed by atoms with Crippen molar-refractivity contribution < 1.29 is 18.8 Å². The number of anilines is 3. The number of hydrogen-bond acceptors (Lipinski definition) is 9. The third-order valence-electron chi connectivity index (χ3n) is 6.20. The first kappa shape index (κ1) is 24.0. The van der Waals surface area contributed by atoms with Crippen LogP contribution >= 0.6 is 0 Å². The average Bonchev–Trinajstić information content (AvgIpc) is 3.28. The number of hydrogen-bond donors (Lipinski definition) is 2. The first-order valence-corrected chi connectivity index (χ1v) is 11.5. The van der Waals surface area contributed by atoms with Gasteiger partial charge in [0.25, 0.3) is 0 Å². The van der Waals surface area contributed by atoms with Gasteiger partial charge in [0.2, 0.25) is 5.95 Å². The van der Waals surface area contributed by atoms with Gasteiger partial charge in [-0.3, -0.25) is 0 Å². The predicted octanol–water partition coefficient (Wildman–Crippen LogP) is 3.19. The van der Waals surface area contributed by atoms with Gasteiger partial charge >= 0.3 is 13.1 Å². The predicted molar refractivity (Wildman–Crippen MR) is 129 cm³/mol. The standard InChI is InChI=1S/C24H30BN5O4/c1-15-12-27-23(30-21(15)29-20-7-5-6-16(20)11-26)28-17-8-9-19(18(10-17)22(31)32-4)25-33-13-24(2,3)14-34-25/h8-10,12,16,20H,5-7,13-14H2,1-4H3,(H2,27,28,29,30)/t16-,20+/m1/s1. The maximum atomic E-state index is 12.5. The Kier molecular flexibility index (Phi) is 7.05. The van der Waals surface area contributed by atoms with E-state index in [4.69, 9.17) is 14.0 Å². The lowest BCUT2D eigenvalue weighted by Gasteiger charge is -2.33. The topological polar surface area (TPSA) is 118 Å². The molecule has 1 aliphatic heterocycles. The molecule has 4 rings (SSSR count). The molecule has 0 radical (unpaired) electrons. The van der Waals surface area contributed by atoms with Gasteiger partial charge in [0, 0.05) is 42.1 Å². The van der Waals surface area contributed by atoms with E-state index in [-0.39, 0.29) is 17.4 Å². The summed E-state index contributed by atoms with van der Waals surface area (Å²) in [7, 11) is 0.707. The van der Waals surface area contributed by atoms with Gasteiger partial charge in [0.15, 0.2) is 0 Å². The number of nitrogens with one attached hydrogen (secondary N) is 2. The number of aromatic nitrogens is 2. The molecular formula is C24H30BN5O4. The zero-order valence-corrected chi connectivity index (χ0v) is 20.1.